The van der Waals surface area contributed by atoms with Gasteiger partial charge in [-0.15, -0.1) is 6.58 Å². The number of carbonyl (C=O) groups excluding carboxylic acids is 2. The summed E-state index contributed by atoms with van der Waals surface area (Å²) in [6, 6.07) is 34.5. The summed E-state index contributed by atoms with van der Waals surface area (Å²) < 4.78 is 62.5. The summed E-state index contributed by atoms with van der Waals surface area (Å²) in [5.74, 6) is -0.654. The van der Waals surface area contributed by atoms with E-state index in [0.29, 0.717) is 5.75 Å². The quantitative estimate of drug-likeness (QED) is 0.0267. The van der Waals surface area contributed by atoms with Gasteiger partial charge in [-0.3, -0.25) is 4.79 Å². The maximum Gasteiger partial charge on any atom is 0.337 e. The van der Waals surface area contributed by atoms with E-state index in [1.165, 1.54) is 25.8 Å². The van der Waals surface area contributed by atoms with E-state index in [4.69, 9.17) is 47.4 Å². The summed E-state index contributed by atoms with van der Waals surface area (Å²) in [6.07, 6.45) is -7.50. The van der Waals surface area contributed by atoms with E-state index < -0.39 is 72.4 Å². The number of esters is 2. The van der Waals surface area contributed by atoms with Gasteiger partial charge in [-0.1, -0.05) is 114 Å². The number of nitrogens with zero attached hydrogens (tertiary/aromatic N) is 3. The molecule has 328 valence electrons. The van der Waals surface area contributed by atoms with Crippen molar-refractivity contribution < 1.29 is 57.0 Å². The van der Waals surface area contributed by atoms with Crippen molar-refractivity contribution in [2.75, 3.05) is 27.4 Å². The van der Waals surface area contributed by atoms with E-state index >= 15 is 0 Å². The van der Waals surface area contributed by atoms with Crippen molar-refractivity contribution in [3.8, 4) is 5.75 Å². The second-order valence-corrected chi connectivity index (χ2v) is 15.4. The first-order chi connectivity index (χ1) is 30.3. The van der Waals surface area contributed by atoms with Crippen molar-refractivity contribution in [2.45, 2.75) is 92.1 Å². The third-order valence-electron chi connectivity index (χ3n) is 10.0. The fourth-order valence-corrected chi connectivity index (χ4v) is 8.18. The Balaban J connectivity index is 1.40. The van der Waals surface area contributed by atoms with E-state index in [9.17, 15) is 15.1 Å². The summed E-state index contributed by atoms with van der Waals surface area (Å²) in [7, 11) is 2.82. The maximum absolute atomic E-state index is 13.9. The molecule has 2 fully saturated rings. The number of rotatable bonds is 21. The average molecular weight is 870 g/mol. The molecule has 2 saturated heterocycles. The minimum atomic E-state index is -1.45. The van der Waals surface area contributed by atoms with Crippen molar-refractivity contribution in [1.29, 1.82) is 0 Å². The first-order valence-corrected chi connectivity index (χ1v) is 20.9. The molecular weight excluding hydrogens is 819 g/mol. The monoisotopic (exact) mass is 869 g/mol. The van der Waals surface area contributed by atoms with Crippen molar-refractivity contribution in [3.63, 3.8) is 0 Å². The van der Waals surface area contributed by atoms with Gasteiger partial charge in [0.05, 0.1) is 40.6 Å². The number of thioether (sulfide) groups is 1. The first-order valence-electron chi connectivity index (χ1n) is 20.0. The normalized spacial score (nSPS) is 25.8. The zero-order valence-corrected chi connectivity index (χ0v) is 35.5. The van der Waals surface area contributed by atoms with Gasteiger partial charge in [0.1, 0.15) is 60.5 Å². The summed E-state index contributed by atoms with van der Waals surface area (Å²) in [5, 5.41) is 4.18. The van der Waals surface area contributed by atoms with Crippen molar-refractivity contribution in [2.24, 2.45) is 5.11 Å². The van der Waals surface area contributed by atoms with Gasteiger partial charge in [-0.25, -0.2) is 4.79 Å². The van der Waals surface area contributed by atoms with E-state index in [0.717, 1.165) is 21.6 Å². The number of ether oxygens (including phenoxy) is 10. The fourth-order valence-electron chi connectivity index (χ4n) is 7.05. The minimum absolute atomic E-state index is 0.0768. The molecule has 62 heavy (non-hydrogen) atoms. The lowest BCUT2D eigenvalue weighted by Crippen LogP contribution is -2.65. The Kier molecular flexibility index (Phi) is 17.8. The highest BCUT2D eigenvalue weighted by atomic mass is 32.2. The van der Waals surface area contributed by atoms with E-state index in [1.54, 1.807) is 25.3 Å². The Morgan fingerprint density at radius 3 is 1.89 bits per heavy atom. The van der Waals surface area contributed by atoms with Crippen LogP contribution in [0.4, 0.5) is 0 Å². The molecule has 0 bridgehead atoms. The smallest absolute Gasteiger partial charge is 0.337 e. The summed E-state index contributed by atoms with van der Waals surface area (Å²) in [4.78, 5) is 30.2. The molecule has 0 saturated carbocycles. The zero-order valence-electron chi connectivity index (χ0n) is 34.7. The number of hydrogen-bond acceptors (Lipinski definition) is 14. The molecule has 6 rings (SSSR count). The van der Waals surface area contributed by atoms with Crippen LogP contribution in [0.3, 0.4) is 0 Å². The van der Waals surface area contributed by atoms with E-state index in [-0.39, 0.29) is 33.0 Å². The Morgan fingerprint density at radius 1 is 0.742 bits per heavy atom. The number of azide groups is 1. The predicted octanol–water partition coefficient (Wildman–Crippen LogP) is 7.36. The Labute approximate surface area is 365 Å². The van der Waals surface area contributed by atoms with Crippen LogP contribution in [0.1, 0.15) is 23.6 Å². The maximum atomic E-state index is 13.9. The molecule has 0 N–H and O–H groups in total. The molecule has 4 aromatic rings. The fraction of sp³-hybridized carbons (Fsp3) is 0.391. The summed E-state index contributed by atoms with van der Waals surface area (Å²) in [5.41, 5.74) is 11.8. The predicted molar refractivity (Wildman–Crippen MR) is 228 cm³/mol. The Hall–Kier alpha value is -5.26. The summed E-state index contributed by atoms with van der Waals surface area (Å²) in [6.45, 7) is 5.20. The van der Waals surface area contributed by atoms with Gasteiger partial charge in [0.15, 0.2) is 12.4 Å². The molecular formula is C46H51N3O12S. The number of carbonyl (C=O) groups is 2. The molecule has 0 aliphatic carbocycles. The largest absolute Gasteiger partial charge is 0.497 e. The standard InChI is InChI=1S/C46H51N3O12S/c1-5-25-54-43-40(58-27-32-17-11-7-12-18-32)41(42(44(51)53-4)61-46(43)62-35-19-13-8-14-20-35)60-45-37(48-49-47)39(57-26-31-15-9-6-10-16-31)38(36(59-45)29-55-30(2)50)56-28-33-21-23-34(52-3)24-22-33/h5-24,36-43,45-46H,1,25-29H2,2-4H3/t36-,37-,38-,39-,40+,41+,42+,43-,45-,46-/m1/s1. The third-order valence-corrected chi connectivity index (χ3v) is 11.2. The third kappa shape index (κ3) is 12.7. The number of benzene rings is 4. The molecule has 0 radical (unpaired) electrons. The van der Waals surface area contributed by atoms with E-state index in [2.05, 4.69) is 16.6 Å². The molecule has 2 heterocycles. The summed E-state index contributed by atoms with van der Waals surface area (Å²) >= 11 is 1.34. The second-order valence-electron chi connectivity index (χ2n) is 14.3. The van der Waals surface area contributed by atoms with Gasteiger partial charge in [-0.05, 0) is 46.5 Å². The highest BCUT2D eigenvalue weighted by Crippen LogP contribution is 2.40. The molecule has 0 amide bonds. The van der Waals surface area contributed by atoms with Gasteiger partial charge in [-0.2, -0.15) is 0 Å². The molecule has 15 nitrogen and oxygen atoms in total. The molecule has 16 heteroatoms. The molecule has 2 aliphatic heterocycles. The van der Waals surface area contributed by atoms with Gasteiger partial charge < -0.3 is 47.4 Å². The van der Waals surface area contributed by atoms with Crippen LogP contribution in [0.5, 0.6) is 5.75 Å². The molecule has 10 atom stereocenters. The van der Waals surface area contributed by atoms with Gasteiger partial charge >= 0.3 is 11.9 Å². The second kappa shape index (κ2) is 23.8. The molecule has 0 unspecified atom stereocenters. The molecule has 2 aliphatic rings. The van der Waals surface area contributed by atoms with Crippen LogP contribution in [0.25, 0.3) is 10.4 Å². The highest BCUT2D eigenvalue weighted by Gasteiger charge is 2.56. The van der Waals surface area contributed by atoms with Gasteiger partial charge in [0.25, 0.3) is 0 Å². The van der Waals surface area contributed by atoms with Crippen LogP contribution in [0.2, 0.25) is 0 Å². The average Bonchev–Trinajstić information content (AvgIpc) is 3.30. The van der Waals surface area contributed by atoms with Crippen LogP contribution >= 0.6 is 11.8 Å². The lowest BCUT2D eigenvalue weighted by Gasteiger charge is -2.49. The topological polar surface area (TPSA) is 175 Å². The zero-order chi connectivity index (χ0) is 43.7. The number of methoxy groups -OCH3 is 2. The van der Waals surface area contributed by atoms with Crippen LogP contribution in [0, 0.1) is 0 Å². The Bertz CT molecular complexity index is 2040. The van der Waals surface area contributed by atoms with E-state index in [1.807, 2.05) is 103 Å². The lowest BCUT2D eigenvalue weighted by atomic mass is 9.95. The van der Waals surface area contributed by atoms with Crippen LogP contribution in [0.15, 0.2) is 138 Å². The first kappa shape index (κ1) is 46.2. The van der Waals surface area contributed by atoms with Crippen molar-refractivity contribution in [1.82, 2.24) is 0 Å². The molecule has 0 aromatic heterocycles. The lowest BCUT2D eigenvalue weighted by molar-refractivity contribution is -0.325. The van der Waals surface area contributed by atoms with Crippen LogP contribution in [-0.4, -0.2) is 99.9 Å². The molecule has 4 aromatic carbocycles. The van der Waals surface area contributed by atoms with Crippen LogP contribution < -0.4 is 4.74 Å². The van der Waals surface area contributed by atoms with Gasteiger partial charge in [0, 0.05) is 16.7 Å². The van der Waals surface area contributed by atoms with Crippen molar-refractivity contribution >= 4 is 23.7 Å². The minimum Gasteiger partial charge on any atom is -0.497 e. The van der Waals surface area contributed by atoms with Gasteiger partial charge in [0.2, 0.25) is 0 Å². The SMILES string of the molecule is C=CCO[C@@H]1[C@@H](OCc2ccccc2)[C@H](O[C@H]2O[C@H](COC(C)=O)[C@@H](OCc3ccc(OC)cc3)[C@H](OCc3ccccc3)[C@H]2N=[N+]=[N-])[C@@H](C(=O)OC)O[C@@H]1Sc1ccccc1. The Morgan fingerprint density at radius 2 is 1.32 bits per heavy atom. The van der Waals surface area contributed by atoms with Crippen molar-refractivity contribution in [3.05, 3.63) is 155 Å². The highest BCUT2D eigenvalue weighted by molar-refractivity contribution is 7.99. The van der Waals surface area contributed by atoms with Crippen LogP contribution in [-0.2, 0) is 72.0 Å². The molecule has 0 spiro atoms. The number of hydrogen-bond donors (Lipinski definition) is 0.